The van der Waals surface area contributed by atoms with E-state index in [4.69, 9.17) is 4.74 Å². The van der Waals surface area contributed by atoms with Crippen molar-refractivity contribution in [3.8, 4) is 11.5 Å². The van der Waals surface area contributed by atoms with Crippen LogP contribution in [0.15, 0.2) is 18.2 Å². The van der Waals surface area contributed by atoms with Crippen LogP contribution in [0.3, 0.4) is 0 Å². The minimum atomic E-state index is -4.85. The Morgan fingerprint density at radius 3 is 2.82 bits per heavy atom. The van der Waals surface area contributed by atoms with E-state index in [1.807, 2.05) is 7.05 Å². The van der Waals surface area contributed by atoms with Crippen molar-refractivity contribution >= 4 is 6.03 Å². The first-order valence-electron chi connectivity index (χ1n) is 8.60. The van der Waals surface area contributed by atoms with Gasteiger partial charge in [0.2, 0.25) is 0 Å². The average molecular weight is 399 g/mol. The summed E-state index contributed by atoms with van der Waals surface area (Å²) in [6.07, 6.45) is -2.84. The quantitative estimate of drug-likeness (QED) is 0.804. The molecule has 1 aromatic carbocycles. The molecule has 0 radical (unpaired) electrons. The maximum atomic E-state index is 12.6. The van der Waals surface area contributed by atoms with Gasteiger partial charge >= 0.3 is 12.4 Å². The van der Waals surface area contributed by atoms with E-state index in [0.29, 0.717) is 6.42 Å². The molecule has 1 aliphatic rings. The molecule has 0 saturated carbocycles. The lowest BCUT2D eigenvalue weighted by atomic mass is 9.96. The Morgan fingerprint density at radius 1 is 1.36 bits per heavy atom. The Balaban J connectivity index is 1.61. The van der Waals surface area contributed by atoms with E-state index in [1.54, 1.807) is 4.68 Å². The number of ether oxygens (including phenoxy) is 2. The molecule has 1 unspecified atom stereocenters. The van der Waals surface area contributed by atoms with Gasteiger partial charge in [0.15, 0.2) is 0 Å². The number of aromatic nitrogens is 3. The standard InChI is InChI=1S/C17H20F3N5O3/c1-25-13-7-6-10(8-12(13)23-24-25)22-16(26)21-9-11-14(27-2)4-3-5-15(11)28-17(18,19)20/h3-5,10H,6-9H2,1-2H3,(H2,21,22,26). The van der Waals surface area contributed by atoms with Crippen molar-refractivity contribution in [3.05, 3.63) is 35.2 Å². The van der Waals surface area contributed by atoms with E-state index >= 15 is 0 Å². The van der Waals surface area contributed by atoms with Crippen molar-refractivity contribution in [1.29, 1.82) is 0 Å². The molecule has 28 heavy (non-hydrogen) atoms. The molecule has 0 spiro atoms. The van der Waals surface area contributed by atoms with Crippen LogP contribution < -0.4 is 20.1 Å². The summed E-state index contributed by atoms with van der Waals surface area (Å²) in [5, 5.41) is 13.4. The first-order chi connectivity index (χ1) is 13.3. The predicted molar refractivity (Wildman–Crippen MR) is 91.9 cm³/mol. The Kier molecular flexibility index (Phi) is 5.61. The van der Waals surface area contributed by atoms with Crippen LogP contribution in [0, 0.1) is 0 Å². The zero-order valence-corrected chi connectivity index (χ0v) is 15.3. The Morgan fingerprint density at radius 2 is 2.11 bits per heavy atom. The van der Waals surface area contributed by atoms with Crippen molar-refractivity contribution in [2.24, 2.45) is 7.05 Å². The zero-order chi connectivity index (χ0) is 20.3. The molecule has 1 heterocycles. The number of aryl methyl sites for hydroxylation is 1. The number of fused-ring (bicyclic) bond motifs is 1. The summed E-state index contributed by atoms with van der Waals surface area (Å²) in [5.74, 6) is -0.238. The number of hydrogen-bond acceptors (Lipinski definition) is 5. The number of benzene rings is 1. The topological polar surface area (TPSA) is 90.3 Å². The molecule has 2 amide bonds. The van der Waals surface area contributed by atoms with Gasteiger partial charge in [-0.15, -0.1) is 18.3 Å². The molecule has 2 aromatic rings. The van der Waals surface area contributed by atoms with Crippen LogP contribution in [0.1, 0.15) is 23.4 Å². The van der Waals surface area contributed by atoms with E-state index in [-0.39, 0.29) is 23.9 Å². The van der Waals surface area contributed by atoms with E-state index < -0.39 is 18.1 Å². The van der Waals surface area contributed by atoms with Gasteiger partial charge in [0.1, 0.15) is 11.5 Å². The normalized spacial score (nSPS) is 16.2. The first-order valence-corrected chi connectivity index (χ1v) is 8.60. The number of halogens is 3. The van der Waals surface area contributed by atoms with Crippen LogP contribution in [0.4, 0.5) is 18.0 Å². The number of nitrogens with zero attached hydrogens (tertiary/aromatic N) is 3. The minimum Gasteiger partial charge on any atom is -0.496 e. The monoisotopic (exact) mass is 399 g/mol. The van der Waals surface area contributed by atoms with Gasteiger partial charge in [0.05, 0.1) is 30.6 Å². The van der Waals surface area contributed by atoms with Crippen LogP contribution in [0.5, 0.6) is 11.5 Å². The van der Waals surface area contributed by atoms with Crippen molar-refractivity contribution in [3.63, 3.8) is 0 Å². The number of carbonyl (C=O) groups excluding carboxylic acids is 1. The highest BCUT2D eigenvalue weighted by molar-refractivity contribution is 5.74. The van der Waals surface area contributed by atoms with Crippen LogP contribution in [-0.4, -0.2) is 40.5 Å². The number of urea groups is 1. The van der Waals surface area contributed by atoms with Gasteiger partial charge in [-0.05, 0) is 25.0 Å². The highest BCUT2D eigenvalue weighted by Crippen LogP contribution is 2.32. The summed E-state index contributed by atoms with van der Waals surface area (Å²) in [7, 11) is 3.15. The van der Waals surface area contributed by atoms with Gasteiger partial charge in [-0.2, -0.15) is 0 Å². The van der Waals surface area contributed by atoms with Gasteiger partial charge in [0.25, 0.3) is 0 Å². The highest BCUT2D eigenvalue weighted by atomic mass is 19.4. The second kappa shape index (κ2) is 7.95. The molecule has 11 heteroatoms. The molecule has 3 rings (SSSR count). The Hall–Kier alpha value is -2.98. The number of hydrogen-bond donors (Lipinski definition) is 2. The third kappa shape index (κ3) is 4.65. The van der Waals surface area contributed by atoms with E-state index in [0.717, 1.165) is 24.2 Å². The summed E-state index contributed by atoms with van der Waals surface area (Å²) < 4.78 is 48.7. The number of methoxy groups -OCH3 is 1. The summed E-state index contributed by atoms with van der Waals surface area (Å²) in [5.41, 5.74) is 1.98. The largest absolute Gasteiger partial charge is 0.573 e. The van der Waals surface area contributed by atoms with Gasteiger partial charge in [0, 0.05) is 19.5 Å². The lowest BCUT2D eigenvalue weighted by molar-refractivity contribution is -0.274. The van der Waals surface area contributed by atoms with E-state index in [2.05, 4.69) is 25.7 Å². The van der Waals surface area contributed by atoms with Crippen LogP contribution in [-0.2, 0) is 26.4 Å². The summed E-state index contributed by atoms with van der Waals surface area (Å²) in [4.78, 5) is 12.2. The summed E-state index contributed by atoms with van der Waals surface area (Å²) >= 11 is 0. The predicted octanol–water partition coefficient (Wildman–Crippen LogP) is 2.08. The third-order valence-electron chi connectivity index (χ3n) is 4.49. The molecule has 0 saturated heterocycles. The molecule has 0 bridgehead atoms. The molecule has 1 aromatic heterocycles. The fraction of sp³-hybridized carbons (Fsp3) is 0.471. The highest BCUT2D eigenvalue weighted by Gasteiger charge is 2.33. The number of rotatable bonds is 5. The van der Waals surface area contributed by atoms with E-state index in [9.17, 15) is 18.0 Å². The first kappa shape index (κ1) is 19.8. The van der Waals surface area contributed by atoms with E-state index in [1.165, 1.54) is 25.3 Å². The minimum absolute atomic E-state index is 0.0948. The summed E-state index contributed by atoms with van der Waals surface area (Å²) in [6.45, 7) is -0.190. The number of carbonyl (C=O) groups is 1. The zero-order valence-electron chi connectivity index (χ0n) is 15.3. The molecular formula is C17H20F3N5O3. The fourth-order valence-electron chi connectivity index (χ4n) is 3.19. The van der Waals surface area contributed by atoms with Crippen molar-refractivity contribution < 1.29 is 27.4 Å². The SMILES string of the molecule is COc1cccc(OC(F)(F)F)c1CNC(=O)NC1CCc2c(nnn2C)C1. The lowest BCUT2D eigenvalue weighted by Gasteiger charge is -2.23. The number of amides is 2. The Bertz CT molecular complexity index is 853. The molecule has 152 valence electrons. The van der Waals surface area contributed by atoms with Gasteiger partial charge in [-0.25, -0.2) is 4.79 Å². The maximum Gasteiger partial charge on any atom is 0.573 e. The fourth-order valence-corrected chi connectivity index (χ4v) is 3.19. The van der Waals surface area contributed by atoms with Crippen molar-refractivity contribution in [2.45, 2.75) is 38.2 Å². The Labute approximate surface area is 159 Å². The molecule has 0 aliphatic heterocycles. The van der Waals surface area contributed by atoms with Gasteiger partial charge < -0.3 is 20.1 Å². The van der Waals surface area contributed by atoms with Crippen LogP contribution >= 0.6 is 0 Å². The molecule has 8 nitrogen and oxygen atoms in total. The van der Waals surface area contributed by atoms with Crippen molar-refractivity contribution in [2.75, 3.05) is 7.11 Å². The molecule has 0 fully saturated rings. The van der Waals surface area contributed by atoms with Crippen LogP contribution in [0.2, 0.25) is 0 Å². The second-order valence-corrected chi connectivity index (χ2v) is 6.36. The molecular weight excluding hydrogens is 379 g/mol. The maximum absolute atomic E-state index is 12.6. The van der Waals surface area contributed by atoms with Crippen LogP contribution in [0.25, 0.3) is 0 Å². The average Bonchev–Trinajstić information content (AvgIpc) is 2.99. The molecule has 1 aliphatic carbocycles. The lowest BCUT2D eigenvalue weighted by Crippen LogP contribution is -2.44. The third-order valence-corrected chi connectivity index (χ3v) is 4.49. The molecule has 1 atom stereocenters. The number of alkyl halides is 3. The van der Waals surface area contributed by atoms with Gasteiger partial charge in [-0.1, -0.05) is 11.3 Å². The molecule has 2 N–H and O–H groups in total. The summed E-state index contributed by atoms with van der Waals surface area (Å²) in [6, 6.07) is 3.41. The van der Waals surface area contributed by atoms with Gasteiger partial charge in [-0.3, -0.25) is 4.68 Å². The number of nitrogens with one attached hydrogen (secondary N) is 2. The second-order valence-electron chi connectivity index (χ2n) is 6.36. The smallest absolute Gasteiger partial charge is 0.496 e. The van der Waals surface area contributed by atoms with Crippen molar-refractivity contribution in [1.82, 2.24) is 25.6 Å².